The maximum Gasteiger partial charge on any atom is 0.136 e. The Hall–Kier alpha value is -1.94. The first-order valence-corrected chi connectivity index (χ1v) is 6.49. The van der Waals surface area contributed by atoms with E-state index in [0.717, 1.165) is 36.5 Å². The number of pyridine rings is 1. The van der Waals surface area contributed by atoms with Crippen molar-refractivity contribution < 1.29 is 4.39 Å². The standard InChI is InChI=1S/C15H16FN3/c16-13-4-3-11-6-9-19(14(11)10-13)15-12(5-7-17)2-1-8-18-15/h1-4,8,10H,5-7,9,17H2. The van der Waals surface area contributed by atoms with Gasteiger partial charge >= 0.3 is 0 Å². The first kappa shape index (κ1) is 12.1. The van der Waals surface area contributed by atoms with Gasteiger partial charge in [-0.25, -0.2) is 9.37 Å². The number of aromatic nitrogens is 1. The van der Waals surface area contributed by atoms with Crippen LogP contribution in [-0.4, -0.2) is 18.1 Å². The van der Waals surface area contributed by atoms with Crippen molar-refractivity contribution in [2.45, 2.75) is 12.8 Å². The number of fused-ring (bicyclic) bond motifs is 1. The number of benzene rings is 1. The summed E-state index contributed by atoms with van der Waals surface area (Å²) in [5.41, 5.74) is 8.85. The molecule has 19 heavy (non-hydrogen) atoms. The molecule has 1 aliphatic heterocycles. The van der Waals surface area contributed by atoms with Crippen LogP contribution in [0.1, 0.15) is 11.1 Å². The third-order valence-corrected chi connectivity index (χ3v) is 3.48. The predicted octanol–water partition coefficient (Wildman–Crippen LogP) is 2.42. The third kappa shape index (κ3) is 2.19. The molecule has 0 atom stereocenters. The summed E-state index contributed by atoms with van der Waals surface area (Å²) in [7, 11) is 0. The van der Waals surface area contributed by atoms with Gasteiger partial charge in [-0.3, -0.25) is 0 Å². The normalized spacial score (nSPS) is 13.7. The van der Waals surface area contributed by atoms with Crippen LogP contribution >= 0.6 is 0 Å². The van der Waals surface area contributed by atoms with E-state index >= 15 is 0 Å². The molecule has 0 fully saturated rings. The van der Waals surface area contributed by atoms with Crippen LogP contribution in [0.4, 0.5) is 15.9 Å². The molecule has 1 aromatic carbocycles. The van der Waals surface area contributed by atoms with Crippen molar-refractivity contribution in [2.24, 2.45) is 5.73 Å². The highest BCUT2D eigenvalue weighted by Gasteiger charge is 2.23. The lowest BCUT2D eigenvalue weighted by molar-refractivity contribution is 0.628. The highest BCUT2D eigenvalue weighted by molar-refractivity contribution is 5.69. The average Bonchev–Trinajstić information content (AvgIpc) is 2.82. The van der Waals surface area contributed by atoms with E-state index < -0.39 is 0 Å². The van der Waals surface area contributed by atoms with Gasteiger partial charge in [0.2, 0.25) is 0 Å². The molecule has 0 saturated carbocycles. The molecule has 3 rings (SSSR count). The lowest BCUT2D eigenvalue weighted by atomic mass is 10.1. The van der Waals surface area contributed by atoms with E-state index in [1.165, 1.54) is 11.6 Å². The smallest absolute Gasteiger partial charge is 0.136 e. The second kappa shape index (κ2) is 4.97. The number of nitrogens with zero attached hydrogens (tertiary/aromatic N) is 2. The largest absolute Gasteiger partial charge is 0.330 e. The molecule has 1 aliphatic rings. The Labute approximate surface area is 111 Å². The van der Waals surface area contributed by atoms with Gasteiger partial charge in [0.25, 0.3) is 0 Å². The topological polar surface area (TPSA) is 42.1 Å². The molecule has 4 heteroatoms. The zero-order chi connectivity index (χ0) is 13.2. The lowest BCUT2D eigenvalue weighted by Crippen LogP contribution is -2.18. The summed E-state index contributed by atoms with van der Waals surface area (Å²) in [5.74, 6) is 0.694. The Kier molecular flexibility index (Phi) is 3.17. The van der Waals surface area contributed by atoms with Gasteiger partial charge in [0.1, 0.15) is 11.6 Å². The van der Waals surface area contributed by atoms with Crippen molar-refractivity contribution in [3.63, 3.8) is 0 Å². The summed E-state index contributed by atoms with van der Waals surface area (Å²) in [6.45, 7) is 1.43. The quantitative estimate of drug-likeness (QED) is 0.918. The fourth-order valence-electron chi connectivity index (χ4n) is 2.60. The molecule has 0 radical (unpaired) electrons. The molecule has 1 aromatic heterocycles. The van der Waals surface area contributed by atoms with Gasteiger partial charge in [-0.05, 0) is 48.7 Å². The monoisotopic (exact) mass is 257 g/mol. The van der Waals surface area contributed by atoms with Crippen LogP contribution in [0.15, 0.2) is 36.5 Å². The van der Waals surface area contributed by atoms with E-state index in [-0.39, 0.29) is 5.82 Å². The van der Waals surface area contributed by atoms with Gasteiger partial charge in [-0.15, -0.1) is 0 Å². The summed E-state index contributed by atoms with van der Waals surface area (Å²) in [5, 5.41) is 0. The molecular formula is C15H16FN3. The summed E-state index contributed by atoms with van der Waals surface area (Å²) in [6.07, 6.45) is 3.48. The minimum Gasteiger partial charge on any atom is -0.330 e. The number of hydrogen-bond acceptors (Lipinski definition) is 3. The molecule has 2 N–H and O–H groups in total. The molecule has 0 bridgehead atoms. The molecule has 0 spiro atoms. The Bertz CT molecular complexity index is 598. The molecule has 0 unspecified atom stereocenters. The lowest BCUT2D eigenvalue weighted by Gasteiger charge is -2.21. The number of halogens is 1. The van der Waals surface area contributed by atoms with Crippen molar-refractivity contribution in [2.75, 3.05) is 18.0 Å². The maximum atomic E-state index is 13.4. The van der Waals surface area contributed by atoms with E-state index in [1.807, 2.05) is 18.2 Å². The van der Waals surface area contributed by atoms with Crippen LogP contribution in [0.5, 0.6) is 0 Å². The third-order valence-electron chi connectivity index (χ3n) is 3.48. The Balaban J connectivity index is 2.04. The van der Waals surface area contributed by atoms with Crippen LogP contribution in [0.25, 0.3) is 0 Å². The maximum absolute atomic E-state index is 13.4. The minimum atomic E-state index is -0.207. The van der Waals surface area contributed by atoms with Crippen molar-refractivity contribution in [1.82, 2.24) is 4.98 Å². The van der Waals surface area contributed by atoms with Gasteiger partial charge in [-0.1, -0.05) is 12.1 Å². The van der Waals surface area contributed by atoms with Crippen LogP contribution in [0.3, 0.4) is 0 Å². The van der Waals surface area contributed by atoms with E-state index in [0.29, 0.717) is 6.54 Å². The molecule has 2 heterocycles. The summed E-state index contributed by atoms with van der Waals surface area (Å²) in [4.78, 5) is 6.54. The molecular weight excluding hydrogens is 241 g/mol. The Morgan fingerprint density at radius 2 is 2.21 bits per heavy atom. The van der Waals surface area contributed by atoms with Gasteiger partial charge in [0.15, 0.2) is 0 Å². The molecule has 3 nitrogen and oxygen atoms in total. The summed E-state index contributed by atoms with van der Waals surface area (Å²) >= 11 is 0. The molecule has 2 aromatic rings. The van der Waals surface area contributed by atoms with Crippen LogP contribution < -0.4 is 10.6 Å². The van der Waals surface area contributed by atoms with E-state index in [4.69, 9.17) is 5.73 Å². The van der Waals surface area contributed by atoms with Gasteiger partial charge in [0, 0.05) is 18.4 Å². The van der Waals surface area contributed by atoms with Crippen LogP contribution in [0, 0.1) is 5.82 Å². The molecule has 0 amide bonds. The number of anilines is 2. The summed E-state index contributed by atoms with van der Waals surface area (Å²) in [6, 6.07) is 8.91. The van der Waals surface area contributed by atoms with Gasteiger partial charge in [-0.2, -0.15) is 0 Å². The fourth-order valence-corrected chi connectivity index (χ4v) is 2.60. The highest BCUT2D eigenvalue weighted by atomic mass is 19.1. The minimum absolute atomic E-state index is 0.207. The molecule has 0 saturated heterocycles. The first-order chi connectivity index (χ1) is 9.29. The molecule has 98 valence electrons. The van der Waals surface area contributed by atoms with Crippen LogP contribution in [0.2, 0.25) is 0 Å². The zero-order valence-corrected chi connectivity index (χ0v) is 10.6. The van der Waals surface area contributed by atoms with Crippen molar-refractivity contribution >= 4 is 11.5 Å². The second-order valence-electron chi connectivity index (χ2n) is 4.70. The first-order valence-electron chi connectivity index (χ1n) is 6.49. The van der Waals surface area contributed by atoms with Gasteiger partial charge in [0.05, 0.1) is 0 Å². The Morgan fingerprint density at radius 3 is 3.05 bits per heavy atom. The highest BCUT2D eigenvalue weighted by Crippen LogP contribution is 2.35. The van der Waals surface area contributed by atoms with Crippen molar-refractivity contribution in [1.29, 1.82) is 0 Å². The number of hydrogen-bond donors (Lipinski definition) is 1. The van der Waals surface area contributed by atoms with Gasteiger partial charge < -0.3 is 10.6 Å². The average molecular weight is 257 g/mol. The fraction of sp³-hybridized carbons (Fsp3) is 0.267. The number of rotatable bonds is 3. The molecule has 0 aliphatic carbocycles. The zero-order valence-electron chi connectivity index (χ0n) is 10.6. The van der Waals surface area contributed by atoms with Crippen LogP contribution in [-0.2, 0) is 12.8 Å². The van der Waals surface area contributed by atoms with E-state index in [1.54, 1.807) is 12.3 Å². The number of nitrogens with two attached hydrogens (primary N) is 1. The van der Waals surface area contributed by atoms with E-state index in [2.05, 4.69) is 9.88 Å². The van der Waals surface area contributed by atoms with E-state index in [9.17, 15) is 4.39 Å². The SMILES string of the molecule is NCCc1cccnc1N1CCc2ccc(F)cc21. The van der Waals surface area contributed by atoms with Crippen molar-refractivity contribution in [3.05, 3.63) is 53.5 Å². The predicted molar refractivity (Wildman–Crippen MR) is 74.1 cm³/mol. The second-order valence-corrected chi connectivity index (χ2v) is 4.70. The summed E-state index contributed by atoms with van der Waals surface area (Å²) < 4.78 is 13.4. The Morgan fingerprint density at radius 1 is 1.32 bits per heavy atom. The van der Waals surface area contributed by atoms with Crippen molar-refractivity contribution in [3.8, 4) is 0 Å².